The van der Waals surface area contributed by atoms with E-state index in [1.54, 1.807) is 28.9 Å². The van der Waals surface area contributed by atoms with Gasteiger partial charge in [-0.1, -0.05) is 24.3 Å². The zero-order valence-corrected chi connectivity index (χ0v) is 32.8. The fourth-order valence-electron chi connectivity index (χ4n) is 9.18. The van der Waals surface area contributed by atoms with Gasteiger partial charge in [0.05, 0.1) is 18.6 Å². The second kappa shape index (κ2) is 14.8. The second-order valence-electron chi connectivity index (χ2n) is 15.7. The molecule has 2 fully saturated rings. The minimum absolute atomic E-state index is 0.0528. The molecular weight excluding hydrogens is 774 g/mol. The lowest BCUT2D eigenvalue weighted by molar-refractivity contribution is -0.137. The number of rotatable bonds is 9. The number of anilines is 2. The van der Waals surface area contributed by atoms with Gasteiger partial charge in [0.2, 0.25) is 11.8 Å². The number of hydrogen-bond donors (Lipinski definition) is 2. The van der Waals surface area contributed by atoms with Crippen LogP contribution in [0.1, 0.15) is 74.1 Å². The average molecular weight is 814 g/mol. The first-order valence-corrected chi connectivity index (χ1v) is 20.8. The maximum atomic E-state index is 15.9. The molecule has 14 nitrogen and oxygen atoms in total. The molecule has 3 aromatic carbocycles. The van der Waals surface area contributed by atoms with Crippen LogP contribution in [0.3, 0.4) is 0 Å². The third-order valence-corrected chi connectivity index (χ3v) is 12.9. The molecule has 0 radical (unpaired) electrons. The zero-order valence-electron chi connectivity index (χ0n) is 32.0. The van der Waals surface area contributed by atoms with E-state index in [4.69, 9.17) is 0 Å². The quantitative estimate of drug-likeness (QED) is 0.205. The molecule has 5 aromatic rings. The minimum atomic E-state index is -1.05. The first-order valence-electron chi connectivity index (χ1n) is 19.9. The number of amides is 5. The smallest absolute Gasteiger partial charge is 0.255 e. The molecule has 7 heterocycles. The van der Waals surface area contributed by atoms with Crippen LogP contribution < -0.4 is 15.5 Å². The highest BCUT2D eigenvalue weighted by Crippen LogP contribution is 2.38. The molecule has 5 aliphatic rings. The Morgan fingerprint density at radius 2 is 1.73 bits per heavy atom. The van der Waals surface area contributed by atoms with Gasteiger partial charge in [-0.3, -0.25) is 39.5 Å². The van der Waals surface area contributed by atoms with Crippen LogP contribution >= 0.6 is 11.3 Å². The molecule has 16 heteroatoms. The molecule has 2 unspecified atom stereocenters. The maximum Gasteiger partial charge on any atom is 0.255 e. The summed E-state index contributed by atoms with van der Waals surface area (Å²) >= 11 is 1.28. The predicted octanol–water partition coefficient (Wildman–Crippen LogP) is 4.51. The van der Waals surface area contributed by atoms with Crippen molar-refractivity contribution in [3.05, 3.63) is 118 Å². The summed E-state index contributed by atoms with van der Waals surface area (Å²) in [6.07, 6.45) is 5.53. The van der Waals surface area contributed by atoms with Crippen molar-refractivity contribution in [2.75, 3.05) is 36.4 Å². The molecule has 2 aromatic heterocycles. The molecule has 0 spiro atoms. The summed E-state index contributed by atoms with van der Waals surface area (Å²) < 4.78 is 17.9. The Labute approximate surface area is 342 Å². The van der Waals surface area contributed by atoms with Gasteiger partial charge in [-0.2, -0.15) is 0 Å². The number of halogens is 1. The van der Waals surface area contributed by atoms with Gasteiger partial charge in [0.15, 0.2) is 11.2 Å². The van der Waals surface area contributed by atoms with Crippen LogP contribution in [-0.4, -0.2) is 91.0 Å². The van der Waals surface area contributed by atoms with Crippen molar-refractivity contribution in [1.82, 2.24) is 34.6 Å². The average Bonchev–Trinajstić information content (AvgIpc) is 4.08. The molecule has 0 saturated carbocycles. The topological polar surface area (TPSA) is 153 Å². The standard InChI is InChI=1S/C43H40FN9O5S/c44-33-20-27(19-31-32(33)23-53(42(31)58)38(40(56)48-43-45-11-17-59-43)37-34-2-1-12-51(34)24-46-37)26-4-6-29(7-5-26)50-15-13-49(14-16-50)21-25-3-8-30-28(18-25)22-52(41(30)57)35-9-10-36(54)47-39(35)55/h3-8,11,17-20,24,35,38H,1-2,9-10,12-16,21-23H2,(H,45,48,56)(H,47,54,55). The number of benzene rings is 3. The number of imidazole rings is 1. The number of imide groups is 1. The molecule has 59 heavy (non-hydrogen) atoms. The molecule has 2 N–H and O–H groups in total. The Bertz CT molecular complexity index is 2530. The highest BCUT2D eigenvalue weighted by atomic mass is 32.1. The number of fused-ring (bicyclic) bond motifs is 3. The highest BCUT2D eigenvalue weighted by molar-refractivity contribution is 7.13. The molecule has 0 bridgehead atoms. The van der Waals surface area contributed by atoms with Crippen LogP contribution in [0.15, 0.2) is 72.5 Å². The van der Waals surface area contributed by atoms with Gasteiger partial charge < -0.3 is 19.3 Å². The largest absolute Gasteiger partial charge is 0.369 e. The fraction of sp³-hybridized carbons (Fsp3) is 0.326. The Kier molecular flexibility index (Phi) is 9.32. The number of aromatic nitrogens is 3. The van der Waals surface area contributed by atoms with E-state index in [1.807, 2.05) is 41.0 Å². The van der Waals surface area contributed by atoms with Crippen LogP contribution in [0.2, 0.25) is 0 Å². The summed E-state index contributed by atoms with van der Waals surface area (Å²) in [6.45, 7) is 5.10. The summed E-state index contributed by atoms with van der Waals surface area (Å²) in [5.74, 6) is -2.24. The number of carbonyl (C=O) groups is 5. The van der Waals surface area contributed by atoms with E-state index >= 15 is 4.39 Å². The molecule has 5 amide bonds. The first kappa shape index (κ1) is 37.0. The van der Waals surface area contributed by atoms with E-state index in [0.29, 0.717) is 34.9 Å². The Balaban J connectivity index is 0.793. The fourth-order valence-corrected chi connectivity index (χ4v) is 9.71. The van der Waals surface area contributed by atoms with Crippen molar-refractivity contribution in [3.63, 3.8) is 0 Å². The maximum absolute atomic E-state index is 15.9. The van der Waals surface area contributed by atoms with Crippen LogP contribution in [-0.2, 0) is 47.0 Å². The first-order chi connectivity index (χ1) is 28.7. The summed E-state index contributed by atoms with van der Waals surface area (Å²) in [6, 6.07) is 15.3. The number of nitrogens with zero attached hydrogens (tertiary/aromatic N) is 7. The molecule has 5 aliphatic heterocycles. The van der Waals surface area contributed by atoms with Crippen LogP contribution in [0, 0.1) is 5.82 Å². The van der Waals surface area contributed by atoms with E-state index in [2.05, 4.69) is 36.5 Å². The highest BCUT2D eigenvalue weighted by Gasteiger charge is 2.43. The molecular formula is C43H40FN9O5S. The van der Waals surface area contributed by atoms with Gasteiger partial charge in [-0.15, -0.1) is 11.3 Å². The molecule has 10 rings (SSSR count). The Morgan fingerprint density at radius 1 is 0.898 bits per heavy atom. The van der Waals surface area contributed by atoms with Crippen molar-refractivity contribution < 1.29 is 28.4 Å². The van der Waals surface area contributed by atoms with Gasteiger partial charge in [-0.05, 0) is 71.8 Å². The van der Waals surface area contributed by atoms with Gasteiger partial charge in [0.1, 0.15) is 11.9 Å². The predicted molar refractivity (Wildman–Crippen MR) is 216 cm³/mol. The van der Waals surface area contributed by atoms with Crippen LogP contribution in [0.5, 0.6) is 0 Å². The summed E-state index contributed by atoms with van der Waals surface area (Å²) in [5.41, 5.74) is 6.93. The van der Waals surface area contributed by atoms with Crippen LogP contribution in [0.4, 0.5) is 15.2 Å². The zero-order chi connectivity index (χ0) is 40.4. The lowest BCUT2D eigenvalue weighted by Gasteiger charge is -2.36. The number of aryl methyl sites for hydroxylation is 1. The van der Waals surface area contributed by atoms with Crippen molar-refractivity contribution >= 4 is 51.7 Å². The number of thiazole rings is 1. The number of nitrogens with one attached hydrogen (secondary N) is 2. The Morgan fingerprint density at radius 3 is 2.51 bits per heavy atom. The van der Waals surface area contributed by atoms with Crippen molar-refractivity contribution in [2.45, 2.75) is 63.9 Å². The number of piperazine rings is 1. The summed E-state index contributed by atoms with van der Waals surface area (Å²) in [7, 11) is 0. The number of carbonyl (C=O) groups excluding carboxylic acids is 5. The lowest BCUT2D eigenvalue weighted by Crippen LogP contribution is -2.52. The van der Waals surface area contributed by atoms with E-state index < -0.39 is 35.6 Å². The normalized spacial score (nSPS) is 19.5. The second-order valence-corrected chi connectivity index (χ2v) is 16.6. The van der Waals surface area contributed by atoms with E-state index in [-0.39, 0.29) is 35.9 Å². The summed E-state index contributed by atoms with van der Waals surface area (Å²) in [4.78, 5) is 81.6. The minimum Gasteiger partial charge on any atom is -0.369 e. The van der Waals surface area contributed by atoms with Crippen molar-refractivity contribution in [2.24, 2.45) is 0 Å². The molecule has 2 saturated heterocycles. The van der Waals surface area contributed by atoms with Crippen LogP contribution in [0.25, 0.3) is 11.1 Å². The third kappa shape index (κ3) is 6.75. The molecule has 0 aliphatic carbocycles. The summed E-state index contributed by atoms with van der Waals surface area (Å²) in [5, 5.41) is 7.36. The van der Waals surface area contributed by atoms with Crippen molar-refractivity contribution in [3.8, 4) is 11.1 Å². The monoisotopic (exact) mass is 813 g/mol. The Hall–Kier alpha value is -6.26. The van der Waals surface area contributed by atoms with E-state index in [1.165, 1.54) is 22.3 Å². The molecule has 2 atom stereocenters. The SMILES string of the molecule is O=C1CCC(N2Cc3cc(CN4CCN(c5ccc(-c6cc(F)c7c(c6)C(=O)N(C(C(=O)Nc6nccs6)c6ncn8c6CCC8)C7)cc5)CC4)ccc3C2=O)C(=O)N1. The van der Waals surface area contributed by atoms with Gasteiger partial charge in [-0.25, -0.2) is 14.4 Å². The van der Waals surface area contributed by atoms with Gasteiger partial charge >= 0.3 is 0 Å². The van der Waals surface area contributed by atoms with Crippen molar-refractivity contribution in [1.29, 1.82) is 0 Å². The van der Waals surface area contributed by atoms with E-state index in [9.17, 15) is 24.0 Å². The van der Waals surface area contributed by atoms with Gasteiger partial charge in [0.25, 0.3) is 17.7 Å². The molecule has 300 valence electrons. The number of piperidine rings is 1. The lowest BCUT2D eigenvalue weighted by atomic mass is 9.99. The van der Waals surface area contributed by atoms with E-state index in [0.717, 1.165) is 80.2 Å². The number of hydrogen-bond acceptors (Lipinski definition) is 10. The third-order valence-electron chi connectivity index (χ3n) is 12.2. The van der Waals surface area contributed by atoms with Gasteiger partial charge in [0, 0.05) is 91.9 Å².